The minimum absolute atomic E-state index is 0.0235. The van der Waals surface area contributed by atoms with Gasteiger partial charge in [0, 0.05) is 5.56 Å². The van der Waals surface area contributed by atoms with E-state index in [2.05, 4.69) is 0 Å². The van der Waals surface area contributed by atoms with Crippen LogP contribution in [0.5, 0.6) is 0 Å². The summed E-state index contributed by atoms with van der Waals surface area (Å²) < 4.78 is 0. The van der Waals surface area contributed by atoms with Crippen molar-refractivity contribution in [3.63, 3.8) is 0 Å². The second-order valence-corrected chi connectivity index (χ2v) is 5.66. The fraction of sp³-hybridized carbons (Fsp3) is 0.250. The fourth-order valence-corrected chi connectivity index (χ4v) is 2.39. The molecule has 2 nitrogen and oxygen atoms in total. The third kappa shape index (κ3) is 4.68. The van der Waals surface area contributed by atoms with Crippen molar-refractivity contribution in [2.45, 2.75) is 31.8 Å². The van der Waals surface area contributed by atoms with Crippen molar-refractivity contribution in [1.29, 1.82) is 0 Å². The normalized spacial score (nSPS) is 13.9. The van der Waals surface area contributed by atoms with Crippen LogP contribution in [-0.2, 0) is 5.60 Å². The van der Waals surface area contributed by atoms with Crippen molar-refractivity contribution in [2.75, 3.05) is 0 Å². The molecule has 2 heteroatoms. The Morgan fingerprint density at radius 3 is 2.27 bits per heavy atom. The zero-order valence-electron chi connectivity index (χ0n) is 12.9. The van der Waals surface area contributed by atoms with Crippen molar-refractivity contribution in [2.24, 2.45) is 0 Å². The third-order valence-corrected chi connectivity index (χ3v) is 3.76. The molecule has 1 atom stereocenters. The number of ketones is 1. The summed E-state index contributed by atoms with van der Waals surface area (Å²) in [6, 6.07) is 18.9. The lowest BCUT2D eigenvalue weighted by Gasteiger charge is -2.23. The summed E-state index contributed by atoms with van der Waals surface area (Å²) in [5.74, 6) is 0.0235. The quantitative estimate of drug-likeness (QED) is 0.463. The van der Waals surface area contributed by atoms with Crippen molar-refractivity contribution in [3.05, 3.63) is 83.9 Å². The summed E-state index contributed by atoms with van der Waals surface area (Å²) >= 11 is 0. The molecule has 0 amide bonds. The first-order valence-corrected chi connectivity index (χ1v) is 7.63. The van der Waals surface area contributed by atoms with Gasteiger partial charge in [-0.1, -0.05) is 66.7 Å². The van der Waals surface area contributed by atoms with Crippen LogP contribution in [-0.4, -0.2) is 10.9 Å². The number of allylic oxidation sites excluding steroid dienone is 2. The monoisotopic (exact) mass is 294 g/mol. The van der Waals surface area contributed by atoms with Gasteiger partial charge in [-0.25, -0.2) is 0 Å². The van der Waals surface area contributed by atoms with E-state index in [0.29, 0.717) is 12.0 Å². The number of carbonyl (C=O) groups is 1. The van der Waals surface area contributed by atoms with E-state index in [4.69, 9.17) is 0 Å². The van der Waals surface area contributed by atoms with Crippen LogP contribution in [0.1, 0.15) is 42.1 Å². The summed E-state index contributed by atoms with van der Waals surface area (Å²) in [4.78, 5) is 11.9. The molecule has 0 saturated carbocycles. The first-order chi connectivity index (χ1) is 10.6. The first kappa shape index (κ1) is 16.2. The van der Waals surface area contributed by atoms with E-state index in [1.807, 2.05) is 73.7 Å². The summed E-state index contributed by atoms with van der Waals surface area (Å²) in [6.07, 6.45) is 5.78. The number of unbranched alkanes of at least 4 members (excludes halogenated alkanes) is 1. The van der Waals surface area contributed by atoms with Gasteiger partial charge in [-0.2, -0.15) is 0 Å². The summed E-state index contributed by atoms with van der Waals surface area (Å²) in [5.41, 5.74) is 0.813. The summed E-state index contributed by atoms with van der Waals surface area (Å²) in [5, 5.41) is 10.5. The molecule has 114 valence electrons. The number of carbonyl (C=O) groups excluding carboxylic acids is 1. The molecule has 0 saturated heterocycles. The summed E-state index contributed by atoms with van der Waals surface area (Å²) in [6.45, 7) is 1.83. The average Bonchev–Trinajstić information content (AvgIpc) is 2.56. The van der Waals surface area contributed by atoms with E-state index in [0.717, 1.165) is 18.4 Å². The minimum Gasteiger partial charge on any atom is -0.385 e. The molecular weight excluding hydrogens is 272 g/mol. The van der Waals surface area contributed by atoms with Gasteiger partial charge in [0.25, 0.3) is 0 Å². The fourth-order valence-electron chi connectivity index (χ4n) is 2.39. The SMILES string of the molecule is CC(O)(CCC/C=C/C(=O)c1ccccc1)c1ccccc1. The highest BCUT2D eigenvalue weighted by atomic mass is 16.3. The zero-order valence-corrected chi connectivity index (χ0v) is 12.9. The number of benzene rings is 2. The molecule has 2 aromatic rings. The van der Waals surface area contributed by atoms with Crippen LogP contribution >= 0.6 is 0 Å². The molecule has 0 aliphatic rings. The second-order valence-electron chi connectivity index (χ2n) is 5.66. The van der Waals surface area contributed by atoms with E-state index in [9.17, 15) is 9.90 Å². The van der Waals surface area contributed by atoms with Crippen LogP contribution in [0.15, 0.2) is 72.8 Å². The standard InChI is InChI=1S/C20H22O2/c1-20(22,18-13-7-3-8-14-18)16-10-4-9-15-19(21)17-11-5-2-6-12-17/h2-3,5-9,11-15,22H,4,10,16H2,1H3/b15-9+. The largest absolute Gasteiger partial charge is 0.385 e. The van der Waals surface area contributed by atoms with E-state index in [1.54, 1.807) is 6.08 Å². The van der Waals surface area contributed by atoms with Gasteiger partial charge < -0.3 is 5.11 Å². The molecule has 0 bridgehead atoms. The predicted octanol–water partition coefficient (Wildman–Crippen LogP) is 4.50. The maximum absolute atomic E-state index is 11.9. The molecule has 1 N–H and O–H groups in total. The van der Waals surface area contributed by atoms with Gasteiger partial charge in [-0.15, -0.1) is 0 Å². The molecule has 2 rings (SSSR count). The highest BCUT2D eigenvalue weighted by molar-refractivity contribution is 6.04. The predicted molar refractivity (Wildman–Crippen MR) is 89.8 cm³/mol. The van der Waals surface area contributed by atoms with Crippen LogP contribution < -0.4 is 0 Å². The molecule has 2 aromatic carbocycles. The number of hydrogen-bond acceptors (Lipinski definition) is 2. The third-order valence-electron chi connectivity index (χ3n) is 3.76. The van der Waals surface area contributed by atoms with Gasteiger partial charge in [0.15, 0.2) is 5.78 Å². The van der Waals surface area contributed by atoms with Gasteiger partial charge in [0.05, 0.1) is 5.60 Å². The molecule has 0 fully saturated rings. The van der Waals surface area contributed by atoms with Crippen LogP contribution in [0.3, 0.4) is 0 Å². The Morgan fingerprint density at radius 1 is 1.05 bits per heavy atom. The van der Waals surface area contributed by atoms with Crippen molar-refractivity contribution < 1.29 is 9.90 Å². The molecule has 0 aromatic heterocycles. The Kier molecular flexibility index (Phi) is 5.68. The molecule has 0 spiro atoms. The number of rotatable bonds is 7. The maximum atomic E-state index is 11.9. The molecule has 22 heavy (non-hydrogen) atoms. The van der Waals surface area contributed by atoms with Gasteiger partial charge in [-0.3, -0.25) is 4.79 Å². The van der Waals surface area contributed by atoms with Gasteiger partial charge in [-0.05, 0) is 37.8 Å². The zero-order chi connectivity index (χ0) is 15.8. The molecule has 0 heterocycles. The topological polar surface area (TPSA) is 37.3 Å². The smallest absolute Gasteiger partial charge is 0.185 e. The minimum atomic E-state index is -0.821. The van der Waals surface area contributed by atoms with Gasteiger partial charge in [0.2, 0.25) is 0 Å². The Morgan fingerprint density at radius 2 is 1.64 bits per heavy atom. The van der Waals surface area contributed by atoms with Crippen molar-refractivity contribution >= 4 is 5.78 Å². The highest BCUT2D eigenvalue weighted by Crippen LogP contribution is 2.26. The van der Waals surface area contributed by atoms with Crippen molar-refractivity contribution in [3.8, 4) is 0 Å². The van der Waals surface area contributed by atoms with E-state index in [-0.39, 0.29) is 5.78 Å². The Labute approximate surface area is 132 Å². The Balaban J connectivity index is 1.80. The lowest BCUT2D eigenvalue weighted by Crippen LogP contribution is -2.20. The summed E-state index contributed by atoms with van der Waals surface area (Å²) in [7, 11) is 0. The lowest BCUT2D eigenvalue weighted by atomic mass is 9.90. The van der Waals surface area contributed by atoms with Crippen LogP contribution in [0.2, 0.25) is 0 Å². The van der Waals surface area contributed by atoms with Gasteiger partial charge in [0.1, 0.15) is 0 Å². The van der Waals surface area contributed by atoms with E-state index in [1.165, 1.54) is 0 Å². The average molecular weight is 294 g/mol. The Bertz CT molecular complexity index is 613. The van der Waals surface area contributed by atoms with Crippen LogP contribution in [0, 0.1) is 0 Å². The van der Waals surface area contributed by atoms with E-state index < -0.39 is 5.60 Å². The molecule has 0 radical (unpaired) electrons. The second kappa shape index (κ2) is 7.71. The molecule has 0 aliphatic heterocycles. The molecule has 0 aliphatic carbocycles. The number of aliphatic hydroxyl groups is 1. The maximum Gasteiger partial charge on any atom is 0.185 e. The molecular formula is C20H22O2. The first-order valence-electron chi connectivity index (χ1n) is 7.63. The van der Waals surface area contributed by atoms with Crippen molar-refractivity contribution in [1.82, 2.24) is 0 Å². The molecule has 1 unspecified atom stereocenters. The van der Waals surface area contributed by atoms with Crippen LogP contribution in [0.4, 0.5) is 0 Å². The van der Waals surface area contributed by atoms with Gasteiger partial charge >= 0.3 is 0 Å². The Hall–Kier alpha value is -2.19. The lowest BCUT2D eigenvalue weighted by molar-refractivity contribution is 0.0458. The van der Waals surface area contributed by atoms with Crippen LogP contribution in [0.25, 0.3) is 0 Å². The number of hydrogen-bond donors (Lipinski definition) is 1. The highest BCUT2D eigenvalue weighted by Gasteiger charge is 2.21. The van der Waals surface area contributed by atoms with E-state index >= 15 is 0 Å².